The van der Waals surface area contributed by atoms with Gasteiger partial charge in [-0.1, -0.05) is 30.3 Å². The highest BCUT2D eigenvalue weighted by Crippen LogP contribution is 2.03. The van der Waals surface area contributed by atoms with Gasteiger partial charge in [-0.25, -0.2) is 4.79 Å². The van der Waals surface area contributed by atoms with Crippen molar-refractivity contribution in [1.82, 2.24) is 11.5 Å². The first kappa shape index (κ1) is 14.1. The lowest BCUT2D eigenvalue weighted by atomic mass is 10.1. The van der Waals surface area contributed by atoms with Crippen molar-refractivity contribution in [3.05, 3.63) is 35.9 Å². The summed E-state index contributed by atoms with van der Waals surface area (Å²) in [5.74, 6) is -1.35. The number of amides is 1. The molecule has 0 heterocycles. The van der Waals surface area contributed by atoms with Gasteiger partial charge in [0.1, 0.15) is 6.04 Å². The van der Waals surface area contributed by atoms with Crippen LogP contribution in [0, 0.1) is 0 Å². The number of carboxylic acid groups (broad SMARTS) is 1. The van der Waals surface area contributed by atoms with Crippen LogP contribution >= 0.6 is 0 Å². The van der Waals surface area contributed by atoms with E-state index >= 15 is 0 Å². The zero-order chi connectivity index (χ0) is 11.3. The van der Waals surface area contributed by atoms with Crippen LogP contribution in [-0.4, -0.2) is 23.0 Å². The first-order chi connectivity index (χ1) is 7.09. The van der Waals surface area contributed by atoms with E-state index in [0.717, 1.165) is 5.56 Å². The van der Waals surface area contributed by atoms with Gasteiger partial charge < -0.3 is 16.6 Å². The summed E-state index contributed by atoms with van der Waals surface area (Å²) in [6.45, 7) is 1.31. The summed E-state index contributed by atoms with van der Waals surface area (Å²) in [5, 5.41) is 11.3. The summed E-state index contributed by atoms with van der Waals surface area (Å²) < 4.78 is 0. The highest BCUT2D eigenvalue weighted by molar-refractivity contribution is 5.82. The fraction of sp³-hybridized carbons (Fsp3) is 0.273. The molecule has 1 amide bonds. The van der Waals surface area contributed by atoms with Gasteiger partial charge in [-0.2, -0.15) is 0 Å². The van der Waals surface area contributed by atoms with E-state index < -0.39 is 12.0 Å². The second-order valence-corrected chi connectivity index (χ2v) is 3.28. The minimum absolute atomic E-state index is 0. The van der Waals surface area contributed by atoms with Gasteiger partial charge in [0.25, 0.3) is 0 Å². The van der Waals surface area contributed by atoms with Gasteiger partial charge in [0.2, 0.25) is 5.91 Å². The van der Waals surface area contributed by atoms with Crippen LogP contribution in [0.3, 0.4) is 0 Å². The van der Waals surface area contributed by atoms with Gasteiger partial charge in [0, 0.05) is 13.3 Å². The van der Waals surface area contributed by atoms with Crippen molar-refractivity contribution in [2.75, 3.05) is 0 Å². The molecule has 1 aromatic carbocycles. The van der Waals surface area contributed by atoms with Crippen molar-refractivity contribution >= 4 is 11.9 Å². The van der Waals surface area contributed by atoms with Gasteiger partial charge in [-0.05, 0) is 5.56 Å². The Hall–Kier alpha value is -1.88. The summed E-state index contributed by atoms with van der Waals surface area (Å²) in [4.78, 5) is 21.6. The molecule has 0 aliphatic rings. The summed E-state index contributed by atoms with van der Waals surface area (Å²) in [5.41, 5.74) is 0.888. The van der Waals surface area contributed by atoms with Crippen LogP contribution in [0.1, 0.15) is 12.5 Å². The number of hydrogen-bond acceptors (Lipinski definition) is 3. The van der Waals surface area contributed by atoms with E-state index in [2.05, 4.69) is 5.32 Å². The Morgan fingerprint density at radius 1 is 1.31 bits per heavy atom. The van der Waals surface area contributed by atoms with Crippen molar-refractivity contribution in [3.63, 3.8) is 0 Å². The van der Waals surface area contributed by atoms with E-state index in [1.807, 2.05) is 30.3 Å². The number of rotatable bonds is 4. The zero-order valence-electron chi connectivity index (χ0n) is 9.14. The van der Waals surface area contributed by atoms with Crippen molar-refractivity contribution in [1.29, 1.82) is 0 Å². The molecule has 0 saturated heterocycles. The molecule has 16 heavy (non-hydrogen) atoms. The number of carbonyl (C=O) groups excluding carboxylic acids is 1. The largest absolute Gasteiger partial charge is 0.480 e. The summed E-state index contributed by atoms with van der Waals surface area (Å²) in [6.07, 6.45) is 0.301. The molecule has 1 aromatic rings. The van der Waals surface area contributed by atoms with Crippen LogP contribution < -0.4 is 11.5 Å². The molecule has 88 valence electrons. The van der Waals surface area contributed by atoms with E-state index in [1.165, 1.54) is 6.92 Å². The molecule has 1 rings (SSSR count). The molecule has 0 spiro atoms. The molecule has 0 aromatic heterocycles. The van der Waals surface area contributed by atoms with Gasteiger partial charge in [0.05, 0.1) is 0 Å². The average molecular weight is 224 g/mol. The monoisotopic (exact) mass is 224 g/mol. The Kier molecular flexibility index (Phi) is 5.80. The fourth-order valence-electron chi connectivity index (χ4n) is 1.30. The van der Waals surface area contributed by atoms with Gasteiger partial charge in [-0.3, -0.25) is 4.79 Å². The number of aliphatic carboxylic acids is 1. The summed E-state index contributed by atoms with van der Waals surface area (Å²) >= 11 is 0. The third-order valence-electron chi connectivity index (χ3n) is 1.96. The molecule has 5 nitrogen and oxygen atoms in total. The van der Waals surface area contributed by atoms with Crippen LogP contribution in [0.5, 0.6) is 0 Å². The van der Waals surface area contributed by atoms with E-state index in [1.54, 1.807) is 0 Å². The third kappa shape index (κ3) is 4.56. The Morgan fingerprint density at radius 2 is 1.88 bits per heavy atom. The van der Waals surface area contributed by atoms with Crippen LogP contribution in [0.2, 0.25) is 0 Å². The Labute approximate surface area is 94.1 Å². The standard InChI is InChI=1S/C11H13NO3.H3N/c1-8(13)12-10(11(14)15)7-9-5-3-2-4-6-9;/h2-6,10H,7H2,1H3,(H,12,13)(H,14,15);1H3/t10-;/m0./s1. The number of hydrogen-bond donors (Lipinski definition) is 3. The Morgan fingerprint density at radius 3 is 2.31 bits per heavy atom. The number of carboxylic acids is 1. The number of nitrogens with one attached hydrogen (secondary N) is 1. The van der Waals surface area contributed by atoms with Gasteiger partial charge >= 0.3 is 5.97 Å². The van der Waals surface area contributed by atoms with E-state index in [0.29, 0.717) is 6.42 Å². The molecule has 0 aliphatic heterocycles. The average Bonchev–Trinajstić information content (AvgIpc) is 2.17. The maximum atomic E-state index is 10.8. The van der Waals surface area contributed by atoms with Crippen LogP contribution in [0.25, 0.3) is 0 Å². The van der Waals surface area contributed by atoms with Crippen LogP contribution in [0.15, 0.2) is 30.3 Å². The lowest BCUT2D eigenvalue weighted by Crippen LogP contribution is -2.41. The smallest absolute Gasteiger partial charge is 0.326 e. The summed E-state index contributed by atoms with van der Waals surface area (Å²) in [7, 11) is 0. The SMILES string of the molecule is CC(=O)N[C@@H](Cc1ccccc1)C(=O)O.N. The topological polar surface area (TPSA) is 101 Å². The van der Waals surface area contributed by atoms with Crippen molar-refractivity contribution in [2.24, 2.45) is 0 Å². The highest BCUT2D eigenvalue weighted by Gasteiger charge is 2.18. The molecule has 0 saturated carbocycles. The minimum atomic E-state index is -1.02. The molecule has 0 unspecified atom stereocenters. The Bertz CT molecular complexity index is 352. The fourth-order valence-corrected chi connectivity index (χ4v) is 1.30. The van der Waals surface area contributed by atoms with Crippen LogP contribution in [-0.2, 0) is 16.0 Å². The Balaban J connectivity index is 0.00000225. The molecule has 0 aliphatic carbocycles. The molecular weight excluding hydrogens is 208 g/mol. The van der Waals surface area contributed by atoms with E-state index in [9.17, 15) is 9.59 Å². The maximum Gasteiger partial charge on any atom is 0.326 e. The molecule has 5 N–H and O–H groups in total. The van der Waals surface area contributed by atoms with Crippen LogP contribution in [0.4, 0.5) is 0 Å². The van der Waals surface area contributed by atoms with Crippen molar-refractivity contribution < 1.29 is 14.7 Å². The number of carbonyl (C=O) groups is 2. The number of benzene rings is 1. The van der Waals surface area contributed by atoms with Crippen molar-refractivity contribution in [3.8, 4) is 0 Å². The molecule has 0 radical (unpaired) electrons. The van der Waals surface area contributed by atoms with E-state index in [4.69, 9.17) is 5.11 Å². The normalized spacial score (nSPS) is 11.1. The molecule has 5 heteroatoms. The lowest BCUT2D eigenvalue weighted by Gasteiger charge is -2.12. The first-order valence-corrected chi connectivity index (χ1v) is 4.63. The predicted octanol–water partition coefficient (Wildman–Crippen LogP) is 0.980. The quantitative estimate of drug-likeness (QED) is 0.709. The maximum absolute atomic E-state index is 10.8. The molecule has 0 fully saturated rings. The van der Waals surface area contributed by atoms with E-state index in [-0.39, 0.29) is 12.1 Å². The lowest BCUT2D eigenvalue weighted by molar-refractivity contribution is -0.141. The second-order valence-electron chi connectivity index (χ2n) is 3.28. The molecular formula is C11H16N2O3. The predicted molar refractivity (Wildman–Crippen MR) is 60.4 cm³/mol. The highest BCUT2D eigenvalue weighted by atomic mass is 16.4. The second kappa shape index (κ2) is 6.58. The van der Waals surface area contributed by atoms with Gasteiger partial charge in [-0.15, -0.1) is 0 Å². The van der Waals surface area contributed by atoms with Crippen molar-refractivity contribution in [2.45, 2.75) is 19.4 Å². The third-order valence-corrected chi connectivity index (χ3v) is 1.96. The first-order valence-electron chi connectivity index (χ1n) is 4.63. The molecule has 1 atom stereocenters. The zero-order valence-corrected chi connectivity index (χ0v) is 9.14. The van der Waals surface area contributed by atoms with Gasteiger partial charge in [0.15, 0.2) is 0 Å². The molecule has 0 bridgehead atoms. The minimum Gasteiger partial charge on any atom is -0.480 e. The summed E-state index contributed by atoms with van der Waals surface area (Å²) in [6, 6.07) is 8.34.